The number of benzene rings is 1. The van der Waals surface area contributed by atoms with Crippen LogP contribution in [0.5, 0.6) is 11.8 Å². The monoisotopic (exact) mass is 536 g/mol. The van der Waals surface area contributed by atoms with E-state index in [2.05, 4.69) is 14.6 Å². The van der Waals surface area contributed by atoms with Gasteiger partial charge in [0.25, 0.3) is 0 Å². The Morgan fingerprint density at radius 2 is 1.97 bits per heavy atom. The molecule has 0 radical (unpaired) electrons. The topological polar surface area (TPSA) is 101 Å². The Morgan fingerprint density at radius 1 is 1.24 bits per heavy atom. The molecule has 204 valence electrons. The SMILES string of the molecule is C[C@]1(COc2ccc(N3CCC(OC4C=CC(OC(F)(F)F)=CC4)CC3)cc2)Cn2cc([N+](=O)[O-])nc2O1. The summed E-state index contributed by atoms with van der Waals surface area (Å²) >= 11 is 0. The summed E-state index contributed by atoms with van der Waals surface area (Å²) in [5, 5.41) is 10.9. The fourth-order valence-corrected chi connectivity index (χ4v) is 4.73. The molecule has 2 aliphatic heterocycles. The summed E-state index contributed by atoms with van der Waals surface area (Å²) < 4.78 is 60.3. The molecule has 1 unspecified atom stereocenters. The molecule has 13 heteroatoms. The Balaban J connectivity index is 1.05. The number of allylic oxidation sites excluding steroid dienone is 1. The fourth-order valence-electron chi connectivity index (χ4n) is 4.73. The van der Waals surface area contributed by atoms with Crippen molar-refractivity contribution in [3.8, 4) is 11.8 Å². The van der Waals surface area contributed by atoms with E-state index in [1.165, 1.54) is 18.3 Å². The molecule has 1 aromatic carbocycles. The summed E-state index contributed by atoms with van der Waals surface area (Å²) in [5.41, 5.74) is 0.370. The third kappa shape index (κ3) is 6.21. The third-order valence-corrected chi connectivity index (χ3v) is 6.57. The quantitative estimate of drug-likeness (QED) is 0.352. The highest BCUT2D eigenvalue weighted by Crippen LogP contribution is 2.32. The zero-order valence-corrected chi connectivity index (χ0v) is 20.6. The van der Waals surface area contributed by atoms with Crippen LogP contribution in [-0.4, -0.2) is 58.3 Å². The molecule has 2 atom stereocenters. The number of rotatable bonds is 8. The summed E-state index contributed by atoms with van der Waals surface area (Å²) in [6.45, 7) is 4.10. The average molecular weight is 537 g/mol. The molecular formula is C25H27F3N4O6. The van der Waals surface area contributed by atoms with Crippen molar-refractivity contribution in [3.63, 3.8) is 0 Å². The summed E-state index contributed by atoms with van der Waals surface area (Å²) in [4.78, 5) is 16.4. The number of nitrogens with zero attached hydrogens (tertiary/aromatic N) is 4. The maximum atomic E-state index is 12.3. The summed E-state index contributed by atoms with van der Waals surface area (Å²) in [7, 11) is 0. The van der Waals surface area contributed by atoms with Gasteiger partial charge in [-0.15, -0.1) is 13.2 Å². The molecule has 0 bridgehead atoms. The first kappa shape index (κ1) is 25.9. The predicted molar refractivity (Wildman–Crippen MR) is 129 cm³/mol. The first-order chi connectivity index (χ1) is 18.1. The van der Waals surface area contributed by atoms with Crippen molar-refractivity contribution in [1.29, 1.82) is 0 Å². The van der Waals surface area contributed by atoms with Gasteiger partial charge in [-0.25, -0.2) is 0 Å². The minimum absolute atomic E-state index is 0.0327. The molecule has 10 nitrogen and oxygen atoms in total. The van der Waals surface area contributed by atoms with Crippen molar-refractivity contribution in [1.82, 2.24) is 9.55 Å². The van der Waals surface area contributed by atoms with Crippen LogP contribution < -0.4 is 14.4 Å². The van der Waals surface area contributed by atoms with Crippen molar-refractivity contribution in [2.45, 2.75) is 56.9 Å². The van der Waals surface area contributed by atoms with Crippen LogP contribution in [0.1, 0.15) is 26.2 Å². The molecule has 38 heavy (non-hydrogen) atoms. The van der Waals surface area contributed by atoms with Gasteiger partial charge in [0.15, 0.2) is 5.60 Å². The van der Waals surface area contributed by atoms with E-state index < -0.39 is 16.9 Å². The van der Waals surface area contributed by atoms with Gasteiger partial charge < -0.3 is 34.0 Å². The van der Waals surface area contributed by atoms with E-state index in [9.17, 15) is 23.3 Å². The smallest absolute Gasteiger partial charge is 0.489 e. The maximum absolute atomic E-state index is 12.3. The molecule has 1 fully saturated rings. The van der Waals surface area contributed by atoms with E-state index in [1.54, 1.807) is 10.6 Å². The molecule has 0 amide bonds. The van der Waals surface area contributed by atoms with E-state index in [4.69, 9.17) is 14.2 Å². The van der Waals surface area contributed by atoms with Crippen LogP contribution in [-0.2, 0) is 16.0 Å². The number of hydrogen-bond donors (Lipinski definition) is 0. The maximum Gasteiger partial charge on any atom is 0.573 e. The van der Waals surface area contributed by atoms with Gasteiger partial charge >= 0.3 is 18.2 Å². The van der Waals surface area contributed by atoms with E-state index >= 15 is 0 Å². The van der Waals surface area contributed by atoms with Crippen LogP contribution in [0, 0.1) is 10.1 Å². The molecule has 2 aromatic rings. The molecule has 3 heterocycles. The lowest BCUT2D eigenvalue weighted by Crippen LogP contribution is -2.38. The lowest BCUT2D eigenvalue weighted by molar-refractivity contribution is -0.389. The Labute approximate surface area is 216 Å². The second-order valence-corrected chi connectivity index (χ2v) is 9.71. The van der Waals surface area contributed by atoms with Crippen LogP contribution in [0.25, 0.3) is 0 Å². The lowest BCUT2D eigenvalue weighted by Gasteiger charge is -2.35. The second kappa shape index (κ2) is 10.2. The Kier molecular flexibility index (Phi) is 6.95. The first-order valence-electron chi connectivity index (χ1n) is 12.2. The molecule has 1 aromatic heterocycles. The number of imidazole rings is 1. The molecule has 3 aliphatic rings. The van der Waals surface area contributed by atoms with Crippen LogP contribution in [0.2, 0.25) is 0 Å². The number of alkyl halides is 3. The van der Waals surface area contributed by atoms with Crippen LogP contribution >= 0.6 is 0 Å². The van der Waals surface area contributed by atoms with Gasteiger partial charge in [-0.05, 0) is 67.5 Å². The molecule has 0 spiro atoms. The zero-order valence-electron chi connectivity index (χ0n) is 20.6. The molecule has 5 rings (SSSR count). The van der Waals surface area contributed by atoms with Crippen molar-refractivity contribution in [2.24, 2.45) is 0 Å². The molecule has 0 N–H and O–H groups in total. The summed E-state index contributed by atoms with van der Waals surface area (Å²) in [5.74, 6) is 0.228. The number of aromatic nitrogens is 2. The van der Waals surface area contributed by atoms with Crippen LogP contribution in [0.3, 0.4) is 0 Å². The molecule has 1 aliphatic carbocycles. The van der Waals surface area contributed by atoms with Crippen molar-refractivity contribution >= 4 is 11.5 Å². The Hall–Kier alpha value is -3.74. The normalized spacial score (nSPS) is 23.5. The minimum Gasteiger partial charge on any atom is -0.489 e. The van der Waals surface area contributed by atoms with Gasteiger partial charge in [-0.2, -0.15) is 0 Å². The standard InChI is InChI=1S/C25H27F3N4O6/c1-24(15-31-14-22(32(33)34)29-23(31)38-24)16-35-18-4-2-17(3-5-18)30-12-10-20(11-13-30)36-19-6-8-21(9-7-19)37-25(26,27)28/h2-6,8-9,14,19-20H,7,10-13,15-16H2,1H3/t19?,24-/m1/s1. The van der Waals surface area contributed by atoms with Crippen LogP contribution in [0.15, 0.2) is 54.4 Å². The highest BCUT2D eigenvalue weighted by molar-refractivity contribution is 5.49. The number of fused-ring (bicyclic) bond motifs is 1. The fraction of sp³-hybridized carbons (Fsp3) is 0.480. The zero-order chi connectivity index (χ0) is 26.9. The first-order valence-corrected chi connectivity index (χ1v) is 12.2. The highest BCUT2D eigenvalue weighted by atomic mass is 19.4. The highest BCUT2D eigenvalue weighted by Gasteiger charge is 2.41. The summed E-state index contributed by atoms with van der Waals surface area (Å²) in [6, 6.07) is 7.96. The summed E-state index contributed by atoms with van der Waals surface area (Å²) in [6.07, 6.45) is 2.71. The third-order valence-electron chi connectivity index (χ3n) is 6.57. The van der Waals surface area contributed by atoms with Crippen molar-refractivity contribution < 1.29 is 37.0 Å². The van der Waals surface area contributed by atoms with Gasteiger partial charge in [-0.3, -0.25) is 4.57 Å². The van der Waals surface area contributed by atoms with E-state index in [-0.39, 0.29) is 36.4 Å². The number of halogens is 3. The van der Waals surface area contributed by atoms with E-state index in [0.717, 1.165) is 31.6 Å². The number of anilines is 1. The largest absolute Gasteiger partial charge is 0.573 e. The number of piperidine rings is 1. The van der Waals surface area contributed by atoms with Crippen molar-refractivity contribution in [2.75, 3.05) is 24.6 Å². The van der Waals surface area contributed by atoms with Gasteiger partial charge in [-0.1, -0.05) is 6.08 Å². The average Bonchev–Trinajstić information content (AvgIpc) is 3.40. The lowest BCUT2D eigenvalue weighted by atomic mass is 10.1. The Morgan fingerprint density at radius 3 is 2.58 bits per heavy atom. The second-order valence-electron chi connectivity index (χ2n) is 9.71. The van der Waals surface area contributed by atoms with E-state index in [1.807, 2.05) is 31.2 Å². The number of ether oxygens (including phenoxy) is 4. The van der Waals surface area contributed by atoms with Gasteiger partial charge in [0.05, 0.1) is 18.8 Å². The number of hydrogen-bond acceptors (Lipinski definition) is 8. The van der Waals surface area contributed by atoms with Crippen molar-refractivity contribution in [3.05, 3.63) is 64.6 Å². The molecule has 1 saturated heterocycles. The van der Waals surface area contributed by atoms with Gasteiger partial charge in [0.2, 0.25) is 0 Å². The predicted octanol–water partition coefficient (Wildman–Crippen LogP) is 4.76. The van der Waals surface area contributed by atoms with Crippen LogP contribution in [0.4, 0.5) is 24.7 Å². The van der Waals surface area contributed by atoms with Gasteiger partial charge in [0.1, 0.15) is 24.3 Å². The molecule has 0 saturated carbocycles. The van der Waals surface area contributed by atoms with E-state index in [0.29, 0.717) is 18.7 Å². The minimum atomic E-state index is -4.69. The Bertz CT molecular complexity index is 1200. The number of nitro groups is 1. The van der Waals surface area contributed by atoms with Gasteiger partial charge in [0, 0.05) is 23.8 Å². The molecular weight excluding hydrogens is 509 g/mol.